The molecule has 0 fully saturated rings. The number of hydrogen-bond donors (Lipinski definition) is 0. The highest BCUT2D eigenvalue weighted by atomic mass is 32.2. The predicted molar refractivity (Wildman–Crippen MR) is 58.9 cm³/mol. The second-order valence-electron chi connectivity index (χ2n) is 2.92. The van der Waals surface area contributed by atoms with Crippen molar-refractivity contribution >= 4 is 17.7 Å². The summed E-state index contributed by atoms with van der Waals surface area (Å²) in [7, 11) is 0. The van der Waals surface area contributed by atoms with Crippen LogP contribution >= 0.6 is 11.8 Å². The molecule has 14 heavy (non-hydrogen) atoms. The third-order valence-corrected chi connectivity index (χ3v) is 2.73. The number of carbonyl (C=O) groups excluding carboxylic acids is 1. The van der Waals surface area contributed by atoms with Gasteiger partial charge in [-0.25, -0.2) is 0 Å². The molecule has 0 aromatic heterocycles. The lowest BCUT2D eigenvalue weighted by molar-refractivity contribution is -0.131. The summed E-state index contributed by atoms with van der Waals surface area (Å²) in [6.07, 6.45) is 2.99. The summed E-state index contributed by atoms with van der Waals surface area (Å²) in [6.45, 7) is 3.50. The molecule has 0 heterocycles. The van der Waals surface area contributed by atoms with Gasteiger partial charge in [0.25, 0.3) is 0 Å². The number of ether oxygens (including phenoxy) is 1. The molecule has 0 aliphatic rings. The quantitative estimate of drug-likeness (QED) is 0.436. The number of hydrogen-bond acceptors (Lipinski definition) is 3. The number of rotatable bonds is 3. The third kappa shape index (κ3) is 2.77. The summed E-state index contributed by atoms with van der Waals surface area (Å²) >= 11 is 1.71. The van der Waals surface area contributed by atoms with E-state index in [0.717, 1.165) is 6.42 Å². The van der Waals surface area contributed by atoms with Crippen molar-refractivity contribution in [1.82, 2.24) is 0 Å². The Morgan fingerprint density at radius 1 is 1.50 bits per heavy atom. The highest BCUT2D eigenvalue weighted by molar-refractivity contribution is 7.98. The van der Waals surface area contributed by atoms with Gasteiger partial charge in [-0.1, -0.05) is 6.92 Å². The average Bonchev–Trinajstić information content (AvgIpc) is 2.16. The maximum absolute atomic E-state index is 10.7. The molecule has 0 aliphatic carbocycles. The van der Waals surface area contributed by atoms with Gasteiger partial charge in [-0.3, -0.25) is 4.79 Å². The molecular weight excluding hydrogens is 196 g/mol. The Balaban J connectivity index is 2.95. The second-order valence-corrected chi connectivity index (χ2v) is 3.77. The lowest BCUT2D eigenvalue weighted by Gasteiger charge is -2.07. The molecule has 76 valence electrons. The molecule has 0 saturated heterocycles. The Hall–Kier alpha value is -0.960. The van der Waals surface area contributed by atoms with E-state index in [1.54, 1.807) is 11.8 Å². The largest absolute Gasteiger partial charge is 0.427 e. The molecule has 0 spiro atoms. The highest BCUT2D eigenvalue weighted by Gasteiger charge is 2.03. The number of esters is 1. The van der Waals surface area contributed by atoms with Gasteiger partial charge in [0.15, 0.2) is 0 Å². The van der Waals surface area contributed by atoms with E-state index >= 15 is 0 Å². The number of carbonyl (C=O) groups is 1. The normalized spacial score (nSPS) is 9.93. The van der Waals surface area contributed by atoms with Crippen molar-refractivity contribution < 1.29 is 9.53 Å². The van der Waals surface area contributed by atoms with E-state index in [0.29, 0.717) is 5.75 Å². The van der Waals surface area contributed by atoms with Crippen LogP contribution in [0.1, 0.15) is 19.4 Å². The summed E-state index contributed by atoms with van der Waals surface area (Å²) in [4.78, 5) is 12.0. The Labute approximate surface area is 88.7 Å². The average molecular weight is 210 g/mol. The van der Waals surface area contributed by atoms with Crippen LogP contribution in [0, 0.1) is 0 Å². The zero-order chi connectivity index (χ0) is 10.6. The predicted octanol–water partition coefficient (Wildman–Crippen LogP) is 2.90. The fraction of sp³-hybridized carbons (Fsp3) is 0.364. The molecule has 2 nitrogen and oxygen atoms in total. The smallest absolute Gasteiger partial charge is 0.308 e. The van der Waals surface area contributed by atoms with Crippen molar-refractivity contribution in [2.75, 3.05) is 6.26 Å². The maximum atomic E-state index is 10.7. The summed E-state index contributed by atoms with van der Waals surface area (Å²) in [6, 6.07) is 5.74. The zero-order valence-corrected chi connectivity index (χ0v) is 9.48. The van der Waals surface area contributed by atoms with E-state index < -0.39 is 0 Å². The number of thioether (sulfide) groups is 1. The van der Waals surface area contributed by atoms with Gasteiger partial charge in [-0.05, 0) is 36.4 Å². The molecule has 0 amide bonds. The molecule has 0 saturated carbocycles. The van der Waals surface area contributed by atoms with Gasteiger partial charge >= 0.3 is 5.97 Å². The summed E-state index contributed by atoms with van der Waals surface area (Å²) in [5.41, 5.74) is 1.22. The number of aryl methyl sites for hydroxylation is 1. The Kier molecular flexibility index (Phi) is 4.01. The van der Waals surface area contributed by atoms with E-state index in [4.69, 9.17) is 4.74 Å². The number of benzene rings is 1. The first-order valence-electron chi connectivity index (χ1n) is 4.52. The molecule has 1 aromatic rings. The molecule has 0 atom stereocenters. The van der Waals surface area contributed by atoms with Gasteiger partial charge in [-0.15, -0.1) is 11.8 Å². The van der Waals surface area contributed by atoms with Crippen molar-refractivity contribution in [2.45, 2.75) is 25.2 Å². The molecular formula is C11H14O2S. The minimum Gasteiger partial charge on any atom is -0.427 e. The van der Waals surface area contributed by atoms with Gasteiger partial charge in [0.1, 0.15) is 5.75 Å². The van der Waals surface area contributed by atoms with Crippen molar-refractivity contribution in [3.05, 3.63) is 23.8 Å². The van der Waals surface area contributed by atoms with E-state index in [9.17, 15) is 4.79 Å². The van der Waals surface area contributed by atoms with E-state index in [2.05, 4.69) is 6.92 Å². The van der Waals surface area contributed by atoms with E-state index in [-0.39, 0.29) is 5.97 Å². The van der Waals surface area contributed by atoms with Crippen LogP contribution in [0.2, 0.25) is 0 Å². The standard InChI is InChI=1S/C11H14O2S/c1-4-9-7-10(13-8(2)12)5-6-11(9)14-3/h5-7H,4H2,1-3H3. The van der Waals surface area contributed by atoms with Crippen LogP contribution in [-0.2, 0) is 11.2 Å². The lowest BCUT2D eigenvalue weighted by Crippen LogP contribution is -2.01. The van der Waals surface area contributed by atoms with Crippen molar-refractivity contribution in [1.29, 1.82) is 0 Å². The van der Waals surface area contributed by atoms with Crippen LogP contribution < -0.4 is 4.74 Å². The Morgan fingerprint density at radius 2 is 2.21 bits per heavy atom. The van der Waals surface area contributed by atoms with Crippen molar-refractivity contribution in [3.8, 4) is 5.75 Å². The van der Waals surface area contributed by atoms with Gasteiger partial charge in [0, 0.05) is 11.8 Å². The zero-order valence-electron chi connectivity index (χ0n) is 8.66. The molecule has 0 unspecified atom stereocenters. The topological polar surface area (TPSA) is 26.3 Å². The monoisotopic (exact) mass is 210 g/mol. The first-order chi connectivity index (χ1) is 6.67. The fourth-order valence-corrected chi connectivity index (χ4v) is 1.93. The van der Waals surface area contributed by atoms with Crippen LogP contribution in [0.3, 0.4) is 0 Å². The molecule has 0 bridgehead atoms. The van der Waals surface area contributed by atoms with Gasteiger partial charge in [-0.2, -0.15) is 0 Å². The highest BCUT2D eigenvalue weighted by Crippen LogP contribution is 2.25. The van der Waals surface area contributed by atoms with Gasteiger partial charge in [0.05, 0.1) is 0 Å². The maximum Gasteiger partial charge on any atom is 0.308 e. The third-order valence-electron chi connectivity index (χ3n) is 1.89. The molecule has 0 radical (unpaired) electrons. The minimum absolute atomic E-state index is 0.274. The molecule has 1 rings (SSSR count). The van der Waals surface area contributed by atoms with Crippen LogP contribution in [0.5, 0.6) is 5.75 Å². The van der Waals surface area contributed by atoms with Crippen molar-refractivity contribution in [3.63, 3.8) is 0 Å². The fourth-order valence-electron chi connectivity index (χ4n) is 1.26. The van der Waals surface area contributed by atoms with E-state index in [1.807, 2.05) is 24.5 Å². The minimum atomic E-state index is -0.274. The summed E-state index contributed by atoms with van der Waals surface area (Å²) in [5, 5.41) is 0. The molecule has 0 N–H and O–H groups in total. The van der Waals surface area contributed by atoms with E-state index in [1.165, 1.54) is 17.4 Å². The molecule has 0 aliphatic heterocycles. The molecule has 1 aromatic carbocycles. The van der Waals surface area contributed by atoms with Gasteiger partial charge in [0.2, 0.25) is 0 Å². The van der Waals surface area contributed by atoms with Crippen LogP contribution in [0.25, 0.3) is 0 Å². The van der Waals surface area contributed by atoms with Gasteiger partial charge < -0.3 is 4.74 Å². The Bertz CT molecular complexity index is 334. The first-order valence-corrected chi connectivity index (χ1v) is 5.75. The summed E-state index contributed by atoms with van der Waals surface area (Å²) < 4.78 is 5.01. The first kappa shape index (κ1) is 11.1. The molecule has 3 heteroatoms. The Morgan fingerprint density at radius 3 is 2.71 bits per heavy atom. The van der Waals surface area contributed by atoms with Crippen LogP contribution in [0.4, 0.5) is 0 Å². The lowest BCUT2D eigenvalue weighted by atomic mass is 10.1. The van der Waals surface area contributed by atoms with Crippen LogP contribution in [-0.4, -0.2) is 12.2 Å². The van der Waals surface area contributed by atoms with Crippen molar-refractivity contribution in [2.24, 2.45) is 0 Å². The summed E-state index contributed by atoms with van der Waals surface area (Å²) in [5.74, 6) is 0.358. The SMILES string of the molecule is CCc1cc(OC(C)=O)ccc1SC. The second kappa shape index (κ2) is 5.05. The van der Waals surface area contributed by atoms with Crippen LogP contribution in [0.15, 0.2) is 23.1 Å².